The number of benzene rings is 1. The molecule has 0 bridgehead atoms. The molecule has 0 fully saturated rings. The van der Waals surface area contributed by atoms with Gasteiger partial charge in [-0.15, -0.1) is 0 Å². The van der Waals surface area contributed by atoms with Crippen molar-refractivity contribution in [3.63, 3.8) is 0 Å². The van der Waals surface area contributed by atoms with E-state index in [0.717, 1.165) is 23.5 Å². The first-order valence-electron chi connectivity index (χ1n) is 6.29. The maximum absolute atomic E-state index is 11.5. The number of ether oxygens (including phenoxy) is 3. The zero-order chi connectivity index (χ0) is 13.9. The van der Waals surface area contributed by atoms with E-state index in [4.69, 9.17) is 18.6 Å². The molecule has 0 aliphatic carbocycles. The molecule has 5 heteroatoms. The second-order valence-electron chi connectivity index (χ2n) is 4.51. The molecule has 0 amide bonds. The molecule has 1 aliphatic rings. The smallest absolute Gasteiger partial charge is 0.226 e. The molecule has 20 heavy (non-hydrogen) atoms. The lowest BCUT2D eigenvalue weighted by atomic mass is 10.1. The van der Waals surface area contributed by atoms with Gasteiger partial charge in [-0.05, 0) is 18.2 Å². The van der Waals surface area contributed by atoms with Gasteiger partial charge in [0.25, 0.3) is 0 Å². The van der Waals surface area contributed by atoms with Crippen molar-refractivity contribution in [2.75, 3.05) is 13.7 Å². The van der Waals surface area contributed by atoms with Crippen molar-refractivity contribution >= 4 is 0 Å². The van der Waals surface area contributed by atoms with Crippen LogP contribution in [-0.4, -0.2) is 19.8 Å². The van der Waals surface area contributed by atoms with Gasteiger partial charge in [0.1, 0.15) is 30.5 Å². The third kappa shape index (κ3) is 2.47. The minimum Gasteiger partial charge on any atom is -0.497 e. The Morgan fingerprint density at radius 1 is 1.35 bits per heavy atom. The zero-order valence-electron chi connectivity index (χ0n) is 11.0. The van der Waals surface area contributed by atoms with Crippen LogP contribution in [0.25, 0.3) is 0 Å². The van der Waals surface area contributed by atoms with Crippen molar-refractivity contribution in [1.82, 2.24) is 0 Å². The van der Waals surface area contributed by atoms with Crippen molar-refractivity contribution in [3.8, 4) is 17.2 Å². The molecule has 1 aliphatic heterocycles. The summed E-state index contributed by atoms with van der Waals surface area (Å²) in [5.74, 6) is 1.83. The van der Waals surface area contributed by atoms with E-state index in [1.54, 1.807) is 7.11 Å². The summed E-state index contributed by atoms with van der Waals surface area (Å²) in [4.78, 5) is 11.5. The Morgan fingerprint density at radius 3 is 3.05 bits per heavy atom. The quantitative estimate of drug-likeness (QED) is 0.853. The average molecular weight is 274 g/mol. The van der Waals surface area contributed by atoms with E-state index in [0.29, 0.717) is 6.61 Å². The maximum atomic E-state index is 11.5. The SMILES string of the molecule is COc1ccc2c(c1)CC(COc1coccc1=O)O2. The predicted octanol–water partition coefficient (Wildman–Crippen LogP) is 2.03. The number of hydrogen-bond acceptors (Lipinski definition) is 5. The van der Waals surface area contributed by atoms with Gasteiger partial charge < -0.3 is 18.6 Å². The number of hydrogen-bond donors (Lipinski definition) is 0. The summed E-state index contributed by atoms with van der Waals surface area (Å²) in [6.45, 7) is 0.297. The van der Waals surface area contributed by atoms with Gasteiger partial charge in [-0.2, -0.15) is 0 Å². The van der Waals surface area contributed by atoms with Gasteiger partial charge in [0.05, 0.1) is 13.4 Å². The van der Waals surface area contributed by atoms with Crippen LogP contribution >= 0.6 is 0 Å². The summed E-state index contributed by atoms with van der Waals surface area (Å²) < 4.78 is 21.3. The van der Waals surface area contributed by atoms with E-state index in [2.05, 4.69) is 0 Å². The highest BCUT2D eigenvalue weighted by molar-refractivity contribution is 5.43. The van der Waals surface area contributed by atoms with Crippen molar-refractivity contribution in [2.24, 2.45) is 0 Å². The first kappa shape index (κ1) is 12.6. The molecule has 1 aromatic heterocycles. The zero-order valence-corrected chi connectivity index (χ0v) is 11.0. The van der Waals surface area contributed by atoms with Gasteiger partial charge in [0.15, 0.2) is 0 Å². The molecule has 3 rings (SSSR count). The Balaban J connectivity index is 1.64. The predicted molar refractivity (Wildman–Crippen MR) is 71.6 cm³/mol. The van der Waals surface area contributed by atoms with Gasteiger partial charge >= 0.3 is 0 Å². The van der Waals surface area contributed by atoms with Gasteiger partial charge in [0.2, 0.25) is 11.2 Å². The number of fused-ring (bicyclic) bond motifs is 1. The van der Waals surface area contributed by atoms with Crippen LogP contribution in [-0.2, 0) is 6.42 Å². The Morgan fingerprint density at radius 2 is 2.25 bits per heavy atom. The number of rotatable bonds is 4. The van der Waals surface area contributed by atoms with Gasteiger partial charge in [-0.1, -0.05) is 0 Å². The molecule has 1 unspecified atom stereocenters. The normalized spacial score (nSPS) is 16.4. The monoisotopic (exact) mass is 274 g/mol. The van der Waals surface area contributed by atoms with Crippen LogP contribution in [0.1, 0.15) is 5.56 Å². The minimum absolute atomic E-state index is 0.114. The highest BCUT2D eigenvalue weighted by atomic mass is 16.5. The molecular weight excluding hydrogens is 260 g/mol. The third-order valence-electron chi connectivity index (χ3n) is 3.15. The van der Waals surface area contributed by atoms with Crippen LogP contribution < -0.4 is 19.6 Å². The summed E-state index contributed by atoms with van der Waals surface area (Å²) in [6.07, 6.45) is 3.23. The molecule has 0 saturated carbocycles. The molecule has 0 spiro atoms. The fourth-order valence-electron chi connectivity index (χ4n) is 2.15. The lowest BCUT2D eigenvalue weighted by Gasteiger charge is -2.11. The molecule has 1 aromatic carbocycles. The van der Waals surface area contributed by atoms with Crippen LogP contribution in [0.2, 0.25) is 0 Å². The van der Waals surface area contributed by atoms with Gasteiger partial charge in [0, 0.05) is 18.1 Å². The van der Waals surface area contributed by atoms with Crippen LogP contribution in [0.4, 0.5) is 0 Å². The van der Waals surface area contributed by atoms with E-state index < -0.39 is 0 Å². The van der Waals surface area contributed by atoms with Crippen molar-refractivity contribution in [2.45, 2.75) is 12.5 Å². The average Bonchev–Trinajstić information content (AvgIpc) is 2.88. The van der Waals surface area contributed by atoms with E-state index in [-0.39, 0.29) is 17.3 Å². The molecule has 1 atom stereocenters. The van der Waals surface area contributed by atoms with Crippen LogP contribution in [0.5, 0.6) is 17.2 Å². The van der Waals surface area contributed by atoms with Gasteiger partial charge in [-0.25, -0.2) is 0 Å². The Kier molecular flexibility index (Phi) is 3.33. The molecule has 5 nitrogen and oxygen atoms in total. The fraction of sp³-hybridized carbons (Fsp3) is 0.267. The molecule has 2 heterocycles. The highest BCUT2D eigenvalue weighted by Gasteiger charge is 2.24. The van der Waals surface area contributed by atoms with Gasteiger partial charge in [-0.3, -0.25) is 4.79 Å². The topological polar surface area (TPSA) is 57.9 Å². The van der Waals surface area contributed by atoms with E-state index >= 15 is 0 Å². The molecule has 2 aromatic rings. The van der Waals surface area contributed by atoms with Crippen molar-refractivity contribution in [3.05, 3.63) is 52.6 Å². The molecule has 104 valence electrons. The molecule has 0 N–H and O–H groups in total. The first-order chi connectivity index (χ1) is 9.76. The Hall–Kier alpha value is -2.43. The highest BCUT2D eigenvalue weighted by Crippen LogP contribution is 2.32. The summed E-state index contributed by atoms with van der Waals surface area (Å²) in [5.41, 5.74) is 0.881. The summed E-state index contributed by atoms with van der Waals surface area (Å²) in [6, 6.07) is 7.01. The van der Waals surface area contributed by atoms with E-state index in [1.807, 2.05) is 18.2 Å². The van der Waals surface area contributed by atoms with Crippen LogP contribution in [0.15, 0.2) is 46.0 Å². The summed E-state index contributed by atoms with van der Waals surface area (Å²) in [7, 11) is 1.63. The molecule has 0 saturated heterocycles. The Labute approximate surface area is 115 Å². The lowest BCUT2D eigenvalue weighted by Crippen LogP contribution is -2.23. The number of methoxy groups -OCH3 is 1. The standard InChI is InChI=1S/C15H14O5/c1-17-11-2-3-14-10(6-11)7-12(20-14)8-19-15-9-18-5-4-13(15)16/h2-6,9,12H,7-8H2,1H3. The minimum atomic E-state index is -0.201. The second-order valence-corrected chi connectivity index (χ2v) is 4.51. The van der Waals surface area contributed by atoms with E-state index in [9.17, 15) is 4.79 Å². The first-order valence-corrected chi connectivity index (χ1v) is 6.29. The lowest BCUT2D eigenvalue weighted by molar-refractivity contribution is 0.146. The van der Waals surface area contributed by atoms with Crippen molar-refractivity contribution in [1.29, 1.82) is 0 Å². The summed E-state index contributed by atoms with van der Waals surface area (Å²) in [5, 5.41) is 0. The van der Waals surface area contributed by atoms with Crippen molar-refractivity contribution < 1.29 is 18.6 Å². The maximum Gasteiger partial charge on any atom is 0.226 e. The third-order valence-corrected chi connectivity index (χ3v) is 3.15. The molecule has 0 radical (unpaired) electrons. The fourth-order valence-corrected chi connectivity index (χ4v) is 2.15. The molecular formula is C15H14O5. The summed E-state index contributed by atoms with van der Waals surface area (Å²) >= 11 is 0. The van der Waals surface area contributed by atoms with Crippen LogP contribution in [0.3, 0.4) is 0 Å². The Bertz CT molecular complexity index is 661. The second kappa shape index (κ2) is 5.28. The van der Waals surface area contributed by atoms with Crippen LogP contribution in [0, 0.1) is 0 Å². The van der Waals surface area contributed by atoms with E-state index in [1.165, 1.54) is 18.6 Å². The largest absolute Gasteiger partial charge is 0.497 e.